The number of rotatable bonds is 6. The Labute approximate surface area is 120 Å². The van der Waals surface area contributed by atoms with E-state index < -0.39 is 16.0 Å². The van der Waals surface area contributed by atoms with Crippen LogP contribution in [-0.2, 0) is 14.8 Å². The first-order valence-corrected chi connectivity index (χ1v) is 7.72. The van der Waals surface area contributed by atoms with Gasteiger partial charge in [0.15, 0.2) is 0 Å². The lowest BCUT2D eigenvalue weighted by atomic mass is 10.2. The smallest absolute Gasteiger partial charge is 0.337 e. The van der Waals surface area contributed by atoms with E-state index in [0.717, 1.165) is 0 Å². The first-order valence-electron chi connectivity index (χ1n) is 5.44. The molecule has 0 spiro atoms. The standard InChI is InChI=1S/C11H15BrN2O4S/c1-13-5-6-14-19(16,17)10-4-3-8(7-9(10)12)11(15)18-2/h3-4,7,13-14H,5-6H2,1-2H3. The molecule has 0 saturated heterocycles. The summed E-state index contributed by atoms with van der Waals surface area (Å²) in [7, 11) is -0.606. The van der Waals surface area contributed by atoms with E-state index in [1.807, 2.05) is 0 Å². The van der Waals surface area contributed by atoms with Crippen LogP contribution in [0.25, 0.3) is 0 Å². The van der Waals surface area contributed by atoms with Gasteiger partial charge >= 0.3 is 5.97 Å². The average Bonchev–Trinajstić information content (AvgIpc) is 2.37. The summed E-state index contributed by atoms with van der Waals surface area (Å²) in [5.74, 6) is -0.521. The summed E-state index contributed by atoms with van der Waals surface area (Å²) in [5, 5.41) is 2.84. The molecule has 0 aliphatic carbocycles. The van der Waals surface area contributed by atoms with Gasteiger partial charge in [-0.15, -0.1) is 0 Å². The molecule has 0 fully saturated rings. The van der Waals surface area contributed by atoms with Crippen molar-refractivity contribution in [3.63, 3.8) is 0 Å². The highest BCUT2D eigenvalue weighted by molar-refractivity contribution is 9.10. The van der Waals surface area contributed by atoms with Gasteiger partial charge in [0.1, 0.15) is 0 Å². The van der Waals surface area contributed by atoms with Crippen LogP contribution < -0.4 is 10.0 Å². The predicted octanol–water partition coefficient (Wildman–Crippen LogP) is 0.733. The molecule has 1 aromatic rings. The number of halogens is 1. The summed E-state index contributed by atoms with van der Waals surface area (Å²) in [6.07, 6.45) is 0. The van der Waals surface area contributed by atoms with Crippen LogP contribution in [0.1, 0.15) is 10.4 Å². The number of esters is 1. The Morgan fingerprint density at radius 3 is 2.58 bits per heavy atom. The van der Waals surface area contributed by atoms with Gasteiger partial charge in [0.2, 0.25) is 10.0 Å². The molecule has 0 unspecified atom stereocenters. The molecule has 2 N–H and O–H groups in total. The average molecular weight is 351 g/mol. The largest absolute Gasteiger partial charge is 0.465 e. The van der Waals surface area contributed by atoms with Crippen molar-refractivity contribution in [3.05, 3.63) is 28.2 Å². The first-order chi connectivity index (χ1) is 8.92. The Bertz CT molecular complexity index is 560. The van der Waals surface area contributed by atoms with Crippen LogP contribution in [0.2, 0.25) is 0 Å². The Kier molecular flexibility index (Phi) is 5.92. The third kappa shape index (κ3) is 4.27. The number of hydrogen-bond acceptors (Lipinski definition) is 5. The molecule has 0 aliphatic rings. The van der Waals surface area contributed by atoms with Crippen molar-refractivity contribution in [2.45, 2.75) is 4.90 Å². The minimum Gasteiger partial charge on any atom is -0.465 e. The zero-order valence-electron chi connectivity index (χ0n) is 10.6. The maximum Gasteiger partial charge on any atom is 0.337 e. The van der Waals surface area contributed by atoms with E-state index in [9.17, 15) is 13.2 Å². The monoisotopic (exact) mass is 350 g/mol. The van der Waals surface area contributed by atoms with E-state index >= 15 is 0 Å². The van der Waals surface area contributed by atoms with Crippen molar-refractivity contribution in [1.29, 1.82) is 0 Å². The Balaban J connectivity index is 2.99. The second kappa shape index (κ2) is 6.99. The number of carbonyl (C=O) groups excluding carboxylic acids is 1. The first kappa shape index (κ1) is 16.1. The van der Waals surface area contributed by atoms with E-state index in [-0.39, 0.29) is 17.0 Å². The molecule has 19 heavy (non-hydrogen) atoms. The lowest BCUT2D eigenvalue weighted by Crippen LogP contribution is -2.30. The van der Waals surface area contributed by atoms with Gasteiger partial charge in [-0.2, -0.15) is 0 Å². The van der Waals surface area contributed by atoms with E-state index in [1.54, 1.807) is 7.05 Å². The highest BCUT2D eigenvalue weighted by atomic mass is 79.9. The molecule has 0 heterocycles. The highest BCUT2D eigenvalue weighted by Gasteiger charge is 2.18. The Morgan fingerprint density at radius 2 is 2.05 bits per heavy atom. The van der Waals surface area contributed by atoms with E-state index in [1.165, 1.54) is 25.3 Å². The van der Waals surface area contributed by atoms with Crippen molar-refractivity contribution in [1.82, 2.24) is 10.0 Å². The Morgan fingerprint density at radius 1 is 1.37 bits per heavy atom. The number of hydrogen-bond donors (Lipinski definition) is 2. The molecular formula is C11H15BrN2O4S. The predicted molar refractivity (Wildman–Crippen MR) is 74.6 cm³/mol. The molecular weight excluding hydrogens is 336 g/mol. The number of benzene rings is 1. The van der Waals surface area contributed by atoms with Gasteiger partial charge in [0, 0.05) is 17.6 Å². The minimum absolute atomic E-state index is 0.0799. The van der Waals surface area contributed by atoms with Crippen molar-refractivity contribution < 1.29 is 17.9 Å². The van der Waals surface area contributed by atoms with Crippen molar-refractivity contribution in [2.75, 3.05) is 27.2 Å². The number of sulfonamides is 1. The summed E-state index contributed by atoms with van der Waals surface area (Å²) in [5.41, 5.74) is 0.281. The van der Waals surface area contributed by atoms with E-state index in [0.29, 0.717) is 11.0 Å². The fraction of sp³-hybridized carbons (Fsp3) is 0.364. The molecule has 8 heteroatoms. The fourth-order valence-corrected chi connectivity index (χ4v) is 3.46. The third-order valence-electron chi connectivity index (χ3n) is 2.31. The van der Waals surface area contributed by atoms with E-state index in [4.69, 9.17) is 0 Å². The number of ether oxygens (including phenoxy) is 1. The molecule has 0 amide bonds. The molecule has 0 radical (unpaired) electrons. The number of carbonyl (C=O) groups is 1. The van der Waals surface area contributed by atoms with Gasteiger partial charge in [-0.25, -0.2) is 17.9 Å². The maximum atomic E-state index is 12.0. The molecule has 6 nitrogen and oxygen atoms in total. The van der Waals surface area contributed by atoms with Gasteiger partial charge in [-0.05, 0) is 41.2 Å². The Hall–Kier alpha value is -0.960. The molecule has 0 bridgehead atoms. The molecule has 0 saturated carbocycles. The van der Waals surface area contributed by atoms with Crippen molar-refractivity contribution in [2.24, 2.45) is 0 Å². The zero-order chi connectivity index (χ0) is 14.5. The van der Waals surface area contributed by atoms with Gasteiger partial charge in [-0.1, -0.05) is 0 Å². The van der Waals surface area contributed by atoms with Gasteiger partial charge in [0.05, 0.1) is 17.6 Å². The van der Waals surface area contributed by atoms with Crippen LogP contribution >= 0.6 is 15.9 Å². The summed E-state index contributed by atoms with van der Waals surface area (Å²) < 4.78 is 31.3. The topological polar surface area (TPSA) is 84.5 Å². The normalized spacial score (nSPS) is 11.3. The number of likely N-dealkylation sites (N-methyl/N-ethyl adjacent to an activating group) is 1. The van der Waals surface area contributed by atoms with Crippen molar-refractivity contribution >= 4 is 31.9 Å². The summed E-state index contributed by atoms with van der Waals surface area (Å²) in [4.78, 5) is 11.4. The van der Waals surface area contributed by atoms with Gasteiger partial charge in [-0.3, -0.25) is 0 Å². The van der Waals surface area contributed by atoms with E-state index in [2.05, 4.69) is 30.7 Å². The second-order valence-electron chi connectivity index (χ2n) is 3.64. The number of methoxy groups -OCH3 is 1. The minimum atomic E-state index is -3.60. The van der Waals surface area contributed by atoms with Crippen LogP contribution in [0, 0.1) is 0 Å². The zero-order valence-corrected chi connectivity index (χ0v) is 13.0. The maximum absolute atomic E-state index is 12.0. The highest BCUT2D eigenvalue weighted by Crippen LogP contribution is 2.23. The van der Waals surface area contributed by atoms with Gasteiger partial charge < -0.3 is 10.1 Å². The van der Waals surface area contributed by atoms with Gasteiger partial charge in [0.25, 0.3) is 0 Å². The molecule has 1 aromatic carbocycles. The molecule has 0 atom stereocenters. The SMILES string of the molecule is CNCCNS(=O)(=O)c1ccc(C(=O)OC)cc1Br. The molecule has 106 valence electrons. The molecule has 1 rings (SSSR count). The third-order valence-corrected chi connectivity index (χ3v) is 4.75. The van der Waals surface area contributed by atoms with Crippen LogP contribution in [0.15, 0.2) is 27.6 Å². The lowest BCUT2D eigenvalue weighted by Gasteiger charge is -2.09. The number of nitrogens with one attached hydrogen (secondary N) is 2. The quantitative estimate of drug-likeness (QED) is 0.583. The van der Waals surface area contributed by atoms with Crippen LogP contribution in [-0.4, -0.2) is 41.6 Å². The summed E-state index contributed by atoms with van der Waals surface area (Å²) in [6.45, 7) is 0.807. The molecule has 0 aliphatic heterocycles. The van der Waals surface area contributed by atoms with Crippen LogP contribution in [0.4, 0.5) is 0 Å². The lowest BCUT2D eigenvalue weighted by molar-refractivity contribution is 0.0600. The van der Waals surface area contributed by atoms with Crippen LogP contribution in [0.3, 0.4) is 0 Å². The van der Waals surface area contributed by atoms with Crippen LogP contribution in [0.5, 0.6) is 0 Å². The summed E-state index contributed by atoms with van der Waals surface area (Å²) in [6, 6.07) is 4.18. The fourth-order valence-electron chi connectivity index (χ4n) is 1.35. The van der Waals surface area contributed by atoms with Crippen molar-refractivity contribution in [3.8, 4) is 0 Å². The second-order valence-corrected chi connectivity index (χ2v) is 6.23. The molecule has 0 aromatic heterocycles. The summed E-state index contributed by atoms with van der Waals surface area (Å²) >= 11 is 3.15.